The average molecular weight is 595 g/mol. The minimum Gasteiger partial charge on any atom is -0.475 e. The maximum absolute atomic E-state index is 13.4. The topological polar surface area (TPSA) is 109 Å². The van der Waals surface area contributed by atoms with E-state index in [-0.39, 0.29) is 16.5 Å². The Morgan fingerprint density at radius 1 is 0.833 bits per heavy atom. The summed E-state index contributed by atoms with van der Waals surface area (Å²) in [5.41, 5.74) is 2.62. The minimum absolute atomic E-state index is 0.00166. The van der Waals surface area contributed by atoms with Crippen molar-refractivity contribution in [2.75, 3.05) is 17.2 Å². The van der Waals surface area contributed by atoms with Crippen LogP contribution in [-0.2, 0) is 27.7 Å². The van der Waals surface area contributed by atoms with Crippen LogP contribution in [0, 0.1) is 17.5 Å². The number of nitrogens with zero attached hydrogens (tertiary/aromatic N) is 1. The highest BCUT2D eigenvalue weighted by atomic mass is 32.2. The summed E-state index contributed by atoms with van der Waals surface area (Å²) in [4.78, 5) is 17.1. The lowest BCUT2D eigenvalue weighted by atomic mass is 10.1. The summed E-state index contributed by atoms with van der Waals surface area (Å²) in [5, 5.41) is 5.34. The van der Waals surface area contributed by atoms with Crippen LogP contribution < -0.4 is 15.4 Å². The van der Waals surface area contributed by atoms with Gasteiger partial charge in [-0.3, -0.25) is 0 Å². The molecule has 8 nitrogen and oxygen atoms in total. The first-order valence-electron chi connectivity index (χ1n) is 12.8. The van der Waals surface area contributed by atoms with Crippen LogP contribution in [0.2, 0.25) is 0 Å². The first-order chi connectivity index (χ1) is 20.2. The van der Waals surface area contributed by atoms with E-state index in [1.165, 1.54) is 29.8 Å². The molecule has 0 aliphatic carbocycles. The SMILES string of the molecule is O=C(Nc1ccc(S(=O)(=O)NCc2cc(F)c(F)c(F)c2)cc1)Nc1cccc(C2=NC(Cc3ccccc3)CO2)c1. The highest BCUT2D eigenvalue weighted by molar-refractivity contribution is 7.89. The van der Waals surface area contributed by atoms with E-state index in [0.717, 1.165) is 12.0 Å². The number of nitrogens with one attached hydrogen (secondary N) is 3. The molecule has 0 radical (unpaired) electrons. The molecule has 0 bridgehead atoms. The van der Waals surface area contributed by atoms with Crippen LogP contribution in [0.5, 0.6) is 0 Å². The zero-order chi connectivity index (χ0) is 29.7. The molecule has 1 aliphatic heterocycles. The van der Waals surface area contributed by atoms with Gasteiger partial charge in [0.25, 0.3) is 0 Å². The zero-order valence-electron chi connectivity index (χ0n) is 22.0. The smallest absolute Gasteiger partial charge is 0.323 e. The van der Waals surface area contributed by atoms with Crippen molar-refractivity contribution in [3.8, 4) is 0 Å². The Morgan fingerprint density at radius 3 is 2.24 bits per heavy atom. The summed E-state index contributed by atoms with van der Waals surface area (Å²) in [6.45, 7) is 0.00994. The quantitative estimate of drug-likeness (QED) is 0.219. The Labute approximate surface area is 240 Å². The second kappa shape index (κ2) is 12.5. The fourth-order valence-corrected chi connectivity index (χ4v) is 5.29. The Kier molecular flexibility index (Phi) is 8.55. The molecule has 216 valence electrons. The maximum Gasteiger partial charge on any atom is 0.323 e. The standard InChI is InChI=1S/C30H25F3N4O4S/c31-26-14-20(15-27(32)28(26)33)17-34-42(39,40)25-11-9-22(10-12-25)36-30(38)37-23-8-4-7-21(16-23)29-35-24(18-41-29)13-19-5-2-1-3-6-19/h1-12,14-16,24,34H,13,17-18H2,(H2,36,37,38). The van der Waals surface area contributed by atoms with Crippen molar-refractivity contribution in [3.05, 3.63) is 125 Å². The summed E-state index contributed by atoms with van der Waals surface area (Å²) >= 11 is 0. The number of anilines is 2. The number of hydrogen-bond donors (Lipinski definition) is 3. The van der Waals surface area contributed by atoms with E-state index in [2.05, 4.69) is 20.3 Å². The van der Waals surface area contributed by atoms with Crippen LogP contribution in [0.15, 0.2) is 101 Å². The molecular weight excluding hydrogens is 569 g/mol. The third-order valence-electron chi connectivity index (χ3n) is 6.33. The van der Waals surface area contributed by atoms with Gasteiger partial charge in [-0.1, -0.05) is 36.4 Å². The number of aliphatic imine (C=N–C) groups is 1. The van der Waals surface area contributed by atoms with E-state index in [9.17, 15) is 26.4 Å². The molecule has 2 amide bonds. The van der Waals surface area contributed by atoms with Gasteiger partial charge in [0, 0.05) is 23.5 Å². The normalized spacial score (nSPS) is 14.6. The van der Waals surface area contributed by atoms with Crippen LogP contribution in [-0.4, -0.2) is 33.0 Å². The second-order valence-electron chi connectivity index (χ2n) is 9.47. The summed E-state index contributed by atoms with van der Waals surface area (Å²) in [6, 6.07) is 23.2. The molecule has 0 saturated carbocycles. The van der Waals surface area contributed by atoms with Crippen molar-refractivity contribution in [3.63, 3.8) is 0 Å². The highest BCUT2D eigenvalue weighted by Gasteiger charge is 2.21. The van der Waals surface area contributed by atoms with Gasteiger partial charge in [-0.2, -0.15) is 0 Å². The molecule has 0 fully saturated rings. The third kappa shape index (κ3) is 7.14. The second-order valence-corrected chi connectivity index (χ2v) is 11.2. The van der Waals surface area contributed by atoms with E-state index in [4.69, 9.17) is 4.74 Å². The highest BCUT2D eigenvalue weighted by Crippen LogP contribution is 2.20. The molecule has 0 spiro atoms. The van der Waals surface area contributed by atoms with Crippen LogP contribution >= 0.6 is 0 Å². The van der Waals surface area contributed by atoms with Gasteiger partial charge in [0.05, 0.1) is 10.9 Å². The minimum atomic E-state index is -4.06. The lowest BCUT2D eigenvalue weighted by molar-refractivity contribution is 0.262. The summed E-state index contributed by atoms with van der Waals surface area (Å²) in [7, 11) is -4.06. The Bertz CT molecular complexity index is 1710. The lowest BCUT2D eigenvalue weighted by Crippen LogP contribution is -2.23. The molecule has 4 aromatic carbocycles. The van der Waals surface area contributed by atoms with Crippen LogP contribution in [0.25, 0.3) is 0 Å². The molecule has 1 atom stereocenters. The van der Waals surface area contributed by atoms with Crippen molar-refractivity contribution in [1.82, 2.24) is 4.72 Å². The fraction of sp³-hybridized carbons (Fsp3) is 0.133. The number of ether oxygens (including phenoxy) is 1. The number of urea groups is 1. The third-order valence-corrected chi connectivity index (χ3v) is 7.74. The molecule has 0 aromatic heterocycles. The van der Waals surface area contributed by atoms with Crippen molar-refractivity contribution >= 4 is 33.3 Å². The molecule has 4 aromatic rings. The van der Waals surface area contributed by atoms with Gasteiger partial charge in [-0.25, -0.2) is 36.1 Å². The van der Waals surface area contributed by atoms with Crippen molar-refractivity contribution < 1.29 is 31.1 Å². The van der Waals surface area contributed by atoms with E-state index >= 15 is 0 Å². The van der Waals surface area contributed by atoms with Gasteiger partial charge in [0.15, 0.2) is 17.5 Å². The zero-order valence-corrected chi connectivity index (χ0v) is 22.8. The van der Waals surface area contributed by atoms with Gasteiger partial charge in [0.1, 0.15) is 6.61 Å². The van der Waals surface area contributed by atoms with Crippen LogP contribution in [0.4, 0.5) is 29.3 Å². The number of sulfonamides is 1. The van der Waals surface area contributed by atoms with E-state index in [1.807, 2.05) is 36.4 Å². The molecule has 5 rings (SSSR count). The molecule has 42 heavy (non-hydrogen) atoms. The fourth-order valence-electron chi connectivity index (χ4n) is 4.28. The molecule has 0 saturated heterocycles. The maximum atomic E-state index is 13.4. The average Bonchev–Trinajstić information content (AvgIpc) is 3.44. The number of benzene rings is 4. The first-order valence-corrected chi connectivity index (χ1v) is 14.3. The monoisotopic (exact) mass is 594 g/mol. The number of amides is 2. The van der Waals surface area contributed by atoms with Crippen molar-refractivity contribution in [2.45, 2.75) is 23.9 Å². The first kappa shape index (κ1) is 28.8. The van der Waals surface area contributed by atoms with Gasteiger partial charge in [-0.15, -0.1) is 0 Å². The number of carbonyl (C=O) groups is 1. The van der Waals surface area contributed by atoms with Gasteiger partial charge >= 0.3 is 6.03 Å². The van der Waals surface area contributed by atoms with E-state index in [1.54, 1.807) is 18.2 Å². The van der Waals surface area contributed by atoms with Crippen molar-refractivity contribution in [2.24, 2.45) is 4.99 Å². The number of rotatable bonds is 9. The molecule has 1 aliphatic rings. The Morgan fingerprint density at radius 2 is 1.52 bits per heavy atom. The summed E-state index contributed by atoms with van der Waals surface area (Å²) in [5.74, 6) is -3.97. The molecule has 12 heteroatoms. The van der Waals surface area contributed by atoms with Gasteiger partial charge in [0.2, 0.25) is 15.9 Å². The van der Waals surface area contributed by atoms with E-state index in [0.29, 0.717) is 36.0 Å². The lowest BCUT2D eigenvalue weighted by Gasteiger charge is -2.11. The number of hydrogen-bond acceptors (Lipinski definition) is 5. The molecule has 1 heterocycles. The van der Waals surface area contributed by atoms with Gasteiger partial charge < -0.3 is 15.4 Å². The summed E-state index contributed by atoms with van der Waals surface area (Å²) < 4.78 is 73.1. The Balaban J connectivity index is 1.16. The van der Waals surface area contributed by atoms with Gasteiger partial charge in [-0.05, 0) is 72.1 Å². The van der Waals surface area contributed by atoms with E-state index < -0.39 is 40.1 Å². The summed E-state index contributed by atoms with van der Waals surface area (Å²) in [6.07, 6.45) is 0.759. The van der Waals surface area contributed by atoms with Crippen LogP contribution in [0.3, 0.4) is 0 Å². The Hall–Kier alpha value is -4.68. The van der Waals surface area contributed by atoms with Crippen molar-refractivity contribution in [1.29, 1.82) is 0 Å². The molecule has 3 N–H and O–H groups in total. The number of carbonyl (C=O) groups excluding carboxylic acids is 1. The largest absolute Gasteiger partial charge is 0.475 e. The predicted molar refractivity (Wildman–Crippen MR) is 152 cm³/mol. The van der Waals surface area contributed by atoms with Crippen LogP contribution in [0.1, 0.15) is 16.7 Å². The molecule has 1 unspecified atom stereocenters. The predicted octanol–water partition coefficient (Wildman–Crippen LogP) is 5.61. The number of halogens is 3. The molecular formula is C30H25F3N4O4S.